The van der Waals surface area contributed by atoms with Crippen LogP contribution >= 0.6 is 0 Å². The molecule has 0 atom stereocenters. The quantitative estimate of drug-likeness (QED) is 0.614. The molecule has 0 aliphatic carbocycles. The summed E-state index contributed by atoms with van der Waals surface area (Å²) >= 11 is 0. The molecule has 0 spiro atoms. The summed E-state index contributed by atoms with van der Waals surface area (Å²) in [7, 11) is 0. The molecule has 5 nitrogen and oxygen atoms in total. The van der Waals surface area contributed by atoms with Crippen molar-refractivity contribution in [1.82, 2.24) is 4.98 Å². The fourth-order valence-electron chi connectivity index (χ4n) is 1.52. The lowest BCUT2D eigenvalue weighted by atomic mass is 10.2. The van der Waals surface area contributed by atoms with E-state index in [1.54, 1.807) is 13.0 Å². The second-order valence-corrected chi connectivity index (χ2v) is 3.77. The van der Waals surface area contributed by atoms with Crippen LogP contribution in [0.1, 0.15) is 11.3 Å². The highest BCUT2D eigenvalue weighted by molar-refractivity contribution is 5.38. The molecule has 3 N–H and O–H groups in total. The predicted molar refractivity (Wildman–Crippen MR) is 66.1 cm³/mol. The van der Waals surface area contributed by atoms with Gasteiger partial charge >= 0.3 is 5.95 Å². The van der Waals surface area contributed by atoms with Crippen LogP contribution in [0.25, 0.3) is 0 Å². The Kier molecular flexibility index (Phi) is 3.09. The molecule has 1 aromatic heterocycles. The van der Waals surface area contributed by atoms with Crippen molar-refractivity contribution >= 4 is 11.8 Å². The zero-order chi connectivity index (χ0) is 12.3. The fraction of sp³-hybridized carbons (Fsp3) is 0.167. The Hall–Kier alpha value is -2.30. The number of nitrogens with zero attached hydrogens (tertiary/aromatic N) is 2. The molecule has 0 unspecified atom stereocenters. The highest BCUT2D eigenvalue weighted by Crippen LogP contribution is 2.08. The van der Waals surface area contributed by atoms with Crippen molar-refractivity contribution in [3.63, 3.8) is 0 Å². The SMILES string of the molecule is Cc1cc(NCc2ccccc2)nc(N)[n+]1[O-]. The molecule has 0 bridgehead atoms. The Labute approximate surface area is 99.5 Å². The number of aryl methyl sites for hydroxylation is 1. The summed E-state index contributed by atoms with van der Waals surface area (Å²) in [5.41, 5.74) is 7.15. The van der Waals surface area contributed by atoms with E-state index in [1.165, 1.54) is 0 Å². The Balaban J connectivity index is 2.10. The minimum atomic E-state index is -0.0411. The highest BCUT2D eigenvalue weighted by atomic mass is 16.5. The minimum Gasteiger partial charge on any atom is -0.740 e. The average molecular weight is 230 g/mol. The maximum atomic E-state index is 11.3. The number of rotatable bonds is 3. The number of nitrogens with two attached hydrogens (primary N) is 1. The van der Waals surface area contributed by atoms with E-state index < -0.39 is 0 Å². The summed E-state index contributed by atoms with van der Waals surface area (Å²) in [6.45, 7) is 2.34. The number of benzene rings is 1. The van der Waals surface area contributed by atoms with Crippen molar-refractivity contribution in [1.29, 1.82) is 0 Å². The van der Waals surface area contributed by atoms with Crippen molar-refractivity contribution in [3.05, 3.63) is 52.9 Å². The summed E-state index contributed by atoms with van der Waals surface area (Å²) in [5, 5.41) is 14.4. The number of hydrogen-bond acceptors (Lipinski definition) is 4. The zero-order valence-corrected chi connectivity index (χ0v) is 9.55. The van der Waals surface area contributed by atoms with Crippen LogP contribution in [0.5, 0.6) is 0 Å². The van der Waals surface area contributed by atoms with Crippen molar-refractivity contribution in [2.75, 3.05) is 11.1 Å². The lowest BCUT2D eigenvalue weighted by Gasteiger charge is -2.10. The van der Waals surface area contributed by atoms with Crippen LogP contribution in [0.3, 0.4) is 0 Å². The molecule has 0 saturated heterocycles. The van der Waals surface area contributed by atoms with Crippen LogP contribution in [-0.4, -0.2) is 4.98 Å². The summed E-state index contributed by atoms with van der Waals surface area (Å²) in [5.74, 6) is 0.566. The Morgan fingerprint density at radius 3 is 2.71 bits per heavy atom. The maximum absolute atomic E-state index is 11.3. The van der Waals surface area contributed by atoms with E-state index in [0.717, 1.165) is 5.56 Å². The van der Waals surface area contributed by atoms with Crippen molar-refractivity contribution < 1.29 is 4.73 Å². The number of nitrogen functional groups attached to an aromatic ring is 1. The van der Waals surface area contributed by atoms with Gasteiger partial charge in [0.2, 0.25) is 5.82 Å². The van der Waals surface area contributed by atoms with Gasteiger partial charge < -0.3 is 10.5 Å². The van der Waals surface area contributed by atoms with Gasteiger partial charge in [-0.15, -0.1) is 0 Å². The molecule has 2 rings (SSSR count). The fourth-order valence-corrected chi connectivity index (χ4v) is 1.52. The first-order valence-corrected chi connectivity index (χ1v) is 5.31. The van der Waals surface area contributed by atoms with Crippen LogP contribution in [0.2, 0.25) is 0 Å². The second-order valence-electron chi connectivity index (χ2n) is 3.77. The van der Waals surface area contributed by atoms with Crippen LogP contribution in [0.15, 0.2) is 36.4 Å². The lowest BCUT2D eigenvalue weighted by Crippen LogP contribution is -2.35. The molecule has 0 aliphatic rings. The minimum absolute atomic E-state index is 0.0411. The van der Waals surface area contributed by atoms with Gasteiger partial charge in [-0.05, 0) is 12.5 Å². The summed E-state index contributed by atoms with van der Waals surface area (Å²) in [6, 6.07) is 11.6. The topological polar surface area (TPSA) is 77.9 Å². The van der Waals surface area contributed by atoms with E-state index in [9.17, 15) is 5.21 Å². The molecule has 88 valence electrons. The van der Waals surface area contributed by atoms with E-state index in [4.69, 9.17) is 5.73 Å². The normalized spacial score (nSPS) is 10.2. The van der Waals surface area contributed by atoms with Gasteiger partial charge in [-0.2, -0.15) is 0 Å². The first-order valence-electron chi connectivity index (χ1n) is 5.31. The van der Waals surface area contributed by atoms with Crippen LogP contribution in [0, 0.1) is 12.1 Å². The monoisotopic (exact) mass is 230 g/mol. The van der Waals surface area contributed by atoms with Gasteiger partial charge in [-0.3, -0.25) is 5.73 Å². The van der Waals surface area contributed by atoms with Crippen molar-refractivity contribution in [2.45, 2.75) is 13.5 Å². The van der Waals surface area contributed by atoms with Gasteiger partial charge in [0, 0.05) is 12.6 Å². The van der Waals surface area contributed by atoms with E-state index >= 15 is 0 Å². The Bertz CT molecular complexity index is 490. The largest absolute Gasteiger partial charge is 0.740 e. The molecule has 17 heavy (non-hydrogen) atoms. The molecule has 0 aliphatic heterocycles. The Morgan fingerprint density at radius 1 is 1.35 bits per heavy atom. The standard InChI is InChI=1S/C12H14N4O/c1-9-7-11(15-12(13)16(9)17)14-8-10-5-3-2-4-6-10/h2-7H,8H2,1H3,(H3,13,14,15). The summed E-state index contributed by atoms with van der Waals surface area (Å²) in [4.78, 5) is 3.97. The average Bonchev–Trinajstić information content (AvgIpc) is 2.34. The molecule has 0 radical (unpaired) electrons. The van der Waals surface area contributed by atoms with Gasteiger partial charge in [0.1, 0.15) is 0 Å². The first-order chi connectivity index (χ1) is 8.16. The van der Waals surface area contributed by atoms with Gasteiger partial charge in [0.05, 0.1) is 5.69 Å². The highest BCUT2D eigenvalue weighted by Gasteiger charge is 2.07. The van der Waals surface area contributed by atoms with E-state index in [-0.39, 0.29) is 5.95 Å². The molecule has 0 fully saturated rings. The van der Waals surface area contributed by atoms with Crippen LogP contribution in [0.4, 0.5) is 11.8 Å². The number of nitrogens with one attached hydrogen (secondary N) is 1. The number of hydrogen-bond donors (Lipinski definition) is 2. The van der Waals surface area contributed by atoms with Gasteiger partial charge in [-0.25, -0.2) is 4.73 Å². The van der Waals surface area contributed by atoms with Gasteiger partial charge in [0.25, 0.3) is 0 Å². The van der Waals surface area contributed by atoms with Crippen molar-refractivity contribution in [3.8, 4) is 0 Å². The molecule has 5 heteroatoms. The summed E-state index contributed by atoms with van der Waals surface area (Å²) < 4.78 is 0.605. The lowest BCUT2D eigenvalue weighted by molar-refractivity contribution is -0.599. The third kappa shape index (κ3) is 2.63. The van der Waals surface area contributed by atoms with Crippen LogP contribution < -0.4 is 15.8 Å². The molecule has 2 aromatic rings. The van der Waals surface area contributed by atoms with Crippen LogP contribution in [-0.2, 0) is 6.54 Å². The zero-order valence-electron chi connectivity index (χ0n) is 9.55. The molecule has 0 saturated carbocycles. The summed E-state index contributed by atoms with van der Waals surface area (Å²) in [6.07, 6.45) is 0. The third-order valence-corrected chi connectivity index (χ3v) is 2.43. The number of aromatic nitrogens is 2. The smallest absolute Gasteiger partial charge is 0.392 e. The maximum Gasteiger partial charge on any atom is 0.392 e. The van der Waals surface area contributed by atoms with E-state index in [2.05, 4.69) is 10.3 Å². The first kappa shape index (κ1) is 11.2. The number of anilines is 2. The Morgan fingerprint density at radius 2 is 2.06 bits per heavy atom. The van der Waals surface area contributed by atoms with E-state index in [1.807, 2.05) is 30.3 Å². The molecular weight excluding hydrogens is 216 g/mol. The van der Waals surface area contributed by atoms with Crippen molar-refractivity contribution in [2.24, 2.45) is 0 Å². The third-order valence-electron chi connectivity index (χ3n) is 2.43. The van der Waals surface area contributed by atoms with E-state index in [0.29, 0.717) is 22.8 Å². The van der Waals surface area contributed by atoms with Gasteiger partial charge in [-0.1, -0.05) is 35.3 Å². The molecule has 1 heterocycles. The second kappa shape index (κ2) is 4.69. The van der Waals surface area contributed by atoms with Gasteiger partial charge in [0.15, 0.2) is 0 Å². The predicted octanol–water partition coefficient (Wildman–Crippen LogP) is 1.22. The molecule has 1 aromatic carbocycles. The molecule has 0 amide bonds. The molecular formula is C12H14N4O.